The van der Waals surface area contributed by atoms with E-state index in [1.54, 1.807) is 6.07 Å². The standard InChI is InChI=1S/C9H12N2O4S/c1-6(12)11-8(9(13)14)5-16-4-7-2-3-10-15-7/h2-3,8H,4-5H2,1H3,(H,11,12)(H,13,14)/t8-/m0/s1. The molecule has 1 amide bonds. The number of carbonyl (C=O) groups is 2. The van der Waals surface area contributed by atoms with Crippen LogP contribution < -0.4 is 5.32 Å². The minimum Gasteiger partial charge on any atom is -0.480 e. The van der Waals surface area contributed by atoms with Gasteiger partial charge in [0.1, 0.15) is 11.8 Å². The number of rotatable bonds is 6. The van der Waals surface area contributed by atoms with Gasteiger partial charge in [0.2, 0.25) is 5.91 Å². The number of aromatic nitrogens is 1. The van der Waals surface area contributed by atoms with Crippen LogP contribution in [0.2, 0.25) is 0 Å². The molecule has 6 nitrogen and oxygen atoms in total. The summed E-state index contributed by atoms with van der Waals surface area (Å²) in [6.07, 6.45) is 1.53. The van der Waals surface area contributed by atoms with Crippen LogP contribution in [-0.2, 0) is 15.3 Å². The van der Waals surface area contributed by atoms with Crippen molar-refractivity contribution in [3.63, 3.8) is 0 Å². The lowest BCUT2D eigenvalue weighted by molar-refractivity contribution is -0.140. The van der Waals surface area contributed by atoms with E-state index in [1.165, 1.54) is 24.9 Å². The Morgan fingerprint density at radius 2 is 2.44 bits per heavy atom. The Hall–Kier alpha value is -1.50. The number of hydrogen-bond acceptors (Lipinski definition) is 5. The molecule has 0 saturated heterocycles. The molecule has 0 spiro atoms. The Balaban J connectivity index is 2.32. The fraction of sp³-hybridized carbons (Fsp3) is 0.444. The molecule has 0 aromatic carbocycles. The molecule has 0 radical (unpaired) electrons. The van der Waals surface area contributed by atoms with Crippen molar-refractivity contribution < 1.29 is 19.2 Å². The highest BCUT2D eigenvalue weighted by Crippen LogP contribution is 2.12. The van der Waals surface area contributed by atoms with Crippen LogP contribution in [0.25, 0.3) is 0 Å². The van der Waals surface area contributed by atoms with E-state index in [9.17, 15) is 9.59 Å². The number of carboxylic acid groups (broad SMARTS) is 1. The van der Waals surface area contributed by atoms with Crippen molar-refractivity contribution in [1.82, 2.24) is 10.5 Å². The molecule has 0 bridgehead atoms. The van der Waals surface area contributed by atoms with Gasteiger partial charge in [-0.1, -0.05) is 5.16 Å². The molecule has 1 heterocycles. The molecule has 88 valence electrons. The molecule has 1 atom stereocenters. The smallest absolute Gasteiger partial charge is 0.327 e. The zero-order chi connectivity index (χ0) is 12.0. The van der Waals surface area contributed by atoms with Crippen LogP contribution in [0.4, 0.5) is 0 Å². The van der Waals surface area contributed by atoms with Crippen molar-refractivity contribution in [2.75, 3.05) is 5.75 Å². The van der Waals surface area contributed by atoms with Crippen LogP contribution in [0.1, 0.15) is 12.7 Å². The van der Waals surface area contributed by atoms with E-state index in [0.717, 1.165) is 0 Å². The number of nitrogens with zero attached hydrogens (tertiary/aromatic N) is 1. The topological polar surface area (TPSA) is 92.4 Å². The molecular weight excluding hydrogens is 232 g/mol. The van der Waals surface area contributed by atoms with E-state index in [4.69, 9.17) is 9.63 Å². The molecule has 0 aliphatic rings. The number of thioether (sulfide) groups is 1. The van der Waals surface area contributed by atoms with E-state index >= 15 is 0 Å². The van der Waals surface area contributed by atoms with Crippen molar-refractivity contribution >= 4 is 23.6 Å². The number of amides is 1. The second-order valence-corrected chi connectivity index (χ2v) is 4.12. The summed E-state index contributed by atoms with van der Waals surface area (Å²) < 4.78 is 4.85. The third kappa shape index (κ3) is 4.35. The van der Waals surface area contributed by atoms with Gasteiger partial charge in [0.05, 0.1) is 11.9 Å². The Morgan fingerprint density at radius 3 is 2.94 bits per heavy atom. The molecular formula is C9H12N2O4S. The first-order valence-corrected chi connectivity index (χ1v) is 5.72. The van der Waals surface area contributed by atoms with Gasteiger partial charge in [0.25, 0.3) is 0 Å². The van der Waals surface area contributed by atoms with Gasteiger partial charge in [0, 0.05) is 18.7 Å². The number of hydrogen-bond donors (Lipinski definition) is 2. The average molecular weight is 244 g/mol. The van der Waals surface area contributed by atoms with Gasteiger partial charge < -0.3 is 14.9 Å². The average Bonchev–Trinajstić information content (AvgIpc) is 2.68. The van der Waals surface area contributed by atoms with Gasteiger partial charge >= 0.3 is 5.97 Å². The highest BCUT2D eigenvalue weighted by molar-refractivity contribution is 7.98. The highest BCUT2D eigenvalue weighted by Gasteiger charge is 2.18. The summed E-state index contributed by atoms with van der Waals surface area (Å²) in [6.45, 7) is 1.29. The van der Waals surface area contributed by atoms with Gasteiger partial charge in [-0.05, 0) is 0 Å². The van der Waals surface area contributed by atoms with E-state index in [-0.39, 0.29) is 11.7 Å². The maximum Gasteiger partial charge on any atom is 0.327 e. The largest absolute Gasteiger partial charge is 0.480 e. The number of aliphatic carboxylic acids is 1. The fourth-order valence-corrected chi connectivity index (χ4v) is 1.94. The first-order valence-electron chi connectivity index (χ1n) is 4.57. The first kappa shape index (κ1) is 12.6. The van der Waals surface area contributed by atoms with Crippen molar-refractivity contribution in [3.8, 4) is 0 Å². The zero-order valence-corrected chi connectivity index (χ0v) is 9.49. The lowest BCUT2D eigenvalue weighted by Gasteiger charge is -2.11. The lowest BCUT2D eigenvalue weighted by atomic mass is 10.3. The van der Waals surface area contributed by atoms with Crippen molar-refractivity contribution in [2.45, 2.75) is 18.7 Å². The summed E-state index contributed by atoms with van der Waals surface area (Å²) in [7, 11) is 0. The molecule has 1 aromatic rings. The van der Waals surface area contributed by atoms with Crippen LogP contribution in [0.15, 0.2) is 16.8 Å². The van der Waals surface area contributed by atoms with Crippen LogP contribution in [0, 0.1) is 0 Å². The van der Waals surface area contributed by atoms with Crippen molar-refractivity contribution in [3.05, 3.63) is 18.0 Å². The molecule has 0 saturated carbocycles. The Bertz CT molecular complexity index is 352. The van der Waals surface area contributed by atoms with E-state index in [2.05, 4.69) is 10.5 Å². The summed E-state index contributed by atoms with van der Waals surface area (Å²) in [5, 5.41) is 14.7. The van der Waals surface area contributed by atoms with Gasteiger partial charge in [-0.3, -0.25) is 4.79 Å². The van der Waals surface area contributed by atoms with E-state index < -0.39 is 12.0 Å². The van der Waals surface area contributed by atoms with Crippen LogP contribution >= 0.6 is 11.8 Å². The fourth-order valence-electron chi connectivity index (χ4n) is 1.01. The van der Waals surface area contributed by atoms with Crippen molar-refractivity contribution in [1.29, 1.82) is 0 Å². The minimum atomic E-state index is -1.04. The van der Waals surface area contributed by atoms with Gasteiger partial charge in [-0.2, -0.15) is 11.8 Å². The van der Waals surface area contributed by atoms with Crippen molar-refractivity contribution in [2.24, 2.45) is 0 Å². The summed E-state index contributed by atoms with van der Waals surface area (Å²) in [5.41, 5.74) is 0. The quantitative estimate of drug-likeness (QED) is 0.757. The minimum absolute atomic E-state index is 0.287. The third-order valence-corrected chi connectivity index (χ3v) is 2.75. The molecule has 1 aromatic heterocycles. The second kappa shape index (κ2) is 6.16. The number of carboxylic acids is 1. The molecule has 0 unspecified atom stereocenters. The number of nitrogens with one attached hydrogen (secondary N) is 1. The van der Waals surface area contributed by atoms with Gasteiger partial charge in [0.15, 0.2) is 0 Å². The third-order valence-electron chi connectivity index (χ3n) is 1.70. The van der Waals surface area contributed by atoms with Crippen LogP contribution in [0.5, 0.6) is 0 Å². The van der Waals surface area contributed by atoms with Crippen LogP contribution in [-0.4, -0.2) is 33.9 Å². The second-order valence-electron chi connectivity index (χ2n) is 3.09. The molecule has 7 heteroatoms. The van der Waals surface area contributed by atoms with Gasteiger partial charge in [-0.15, -0.1) is 0 Å². The Labute approximate surface area is 96.4 Å². The molecule has 0 fully saturated rings. The summed E-state index contributed by atoms with van der Waals surface area (Å²) in [6, 6.07) is 0.840. The summed E-state index contributed by atoms with van der Waals surface area (Å²) >= 11 is 1.36. The molecule has 1 rings (SSSR count). The molecule has 0 aliphatic carbocycles. The normalized spacial score (nSPS) is 12.1. The first-order chi connectivity index (χ1) is 7.59. The summed E-state index contributed by atoms with van der Waals surface area (Å²) in [4.78, 5) is 21.5. The maximum atomic E-state index is 10.8. The predicted molar refractivity (Wildman–Crippen MR) is 57.9 cm³/mol. The molecule has 16 heavy (non-hydrogen) atoms. The Morgan fingerprint density at radius 1 is 1.69 bits per heavy atom. The van der Waals surface area contributed by atoms with E-state index in [0.29, 0.717) is 11.5 Å². The lowest BCUT2D eigenvalue weighted by Crippen LogP contribution is -2.41. The zero-order valence-electron chi connectivity index (χ0n) is 8.67. The highest BCUT2D eigenvalue weighted by atomic mass is 32.2. The molecule has 2 N–H and O–H groups in total. The van der Waals surface area contributed by atoms with E-state index in [1.807, 2.05) is 0 Å². The molecule has 0 aliphatic heterocycles. The SMILES string of the molecule is CC(=O)N[C@@H](CSCc1ccno1)C(=O)O. The van der Waals surface area contributed by atoms with Crippen LogP contribution in [0.3, 0.4) is 0 Å². The van der Waals surface area contributed by atoms with Gasteiger partial charge in [-0.25, -0.2) is 4.79 Å². The summed E-state index contributed by atoms with van der Waals surface area (Å²) in [5.74, 6) is 0.101. The maximum absolute atomic E-state index is 10.8. The monoisotopic (exact) mass is 244 g/mol. The number of carbonyl (C=O) groups excluding carboxylic acids is 1. The Kier molecular flexibility index (Phi) is 4.84. The predicted octanol–water partition coefficient (Wildman–Crippen LogP) is 0.497.